The van der Waals surface area contributed by atoms with Crippen molar-refractivity contribution in [3.05, 3.63) is 83.2 Å². The van der Waals surface area contributed by atoms with Crippen LogP contribution in [0.1, 0.15) is 24.2 Å². The number of carbonyl (C=O) groups excluding carboxylic acids is 3. The van der Waals surface area contributed by atoms with Gasteiger partial charge < -0.3 is 20.1 Å². The van der Waals surface area contributed by atoms with E-state index in [2.05, 4.69) is 10.6 Å². The monoisotopic (exact) mass is 406 g/mol. The summed E-state index contributed by atoms with van der Waals surface area (Å²) in [5.41, 5.74) is 1.88. The number of ether oxygens (including phenoxy) is 2. The topological polar surface area (TPSA) is 93.7 Å². The molecule has 2 N–H and O–H groups in total. The first-order chi connectivity index (χ1) is 14.5. The third kappa shape index (κ3) is 4.57. The third-order valence-electron chi connectivity index (χ3n) is 4.27. The Labute approximate surface area is 174 Å². The number of benzene rings is 2. The molecule has 0 aromatic heterocycles. The highest BCUT2D eigenvalue weighted by Crippen LogP contribution is 2.33. The molecule has 0 saturated heterocycles. The van der Waals surface area contributed by atoms with Gasteiger partial charge >= 0.3 is 11.9 Å². The predicted molar refractivity (Wildman–Crippen MR) is 113 cm³/mol. The highest BCUT2D eigenvalue weighted by Gasteiger charge is 2.31. The van der Waals surface area contributed by atoms with E-state index in [1.54, 1.807) is 44.2 Å². The zero-order valence-corrected chi connectivity index (χ0v) is 16.7. The van der Waals surface area contributed by atoms with Crippen molar-refractivity contribution >= 4 is 29.1 Å². The average molecular weight is 406 g/mol. The van der Waals surface area contributed by atoms with E-state index in [1.165, 1.54) is 6.08 Å². The van der Waals surface area contributed by atoms with Gasteiger partial charge in [0.2, 0.25) is 0 Å². The van der Waals surface area contributed by atoms with Crippen LogP contribution in [0.2, 0.25) is 0 Å². The maximum absolute atomic E-state index is 12.8. The molecule has 1 heterocycles. The molecular weight excluding hydrogens is 384 g/mol. The Bertz CT molecular complexity index is 1000. The van der Waals surface area contributed by atoms with Crippen molar-refractivity contribution < 1.29 is 23.9 Å². The summed E-state index contributed by atoms with van der Waals surface area (Å²) in [6.07, 6.45) is 1.34. The molecule has 7 heteroatoms. The van der Waals surface area contributed by atoms with Gasteiger partial charge in [-0.05, 0) is 26.0 Å². The van der Waals surface area contributed by atoms with Crippen LogP contribution < -0.4 is 10.6 Å². The number of allylic oxidation sites excluding steroid dienone is 1. The second-order valence-electron chi connectivity index (χ2n) is 6.27. The molecule has 0 saturated carbocycles. The summed E-state index contributed by atoms with van der Waals surface area (Å²) in [4.78, 5) is 38.0. The molecule has 2 aromatic carbocycles. The van der Waals surface area contributed by atoms with Crippen LogP contribution in [0.3, 0.4) is 0 Å². The van der Waals surface area contributed by atoms with Gasteiger partial charge in [-0.2, -0.15) is 0 Å². The largest absolute Gasteiger partial charge is 0.462 e. The molecule has 7 nitrogen and oxygen atoms in total. The van der Waals surface area contributed by atoms with Crippen molar-refractivity contribution in [2.24, 2.45) is 0 Å². The molecule has 1 aliphatic rings. The smallest absolute Gasteiger partial charge is 0.347 e. The molecule has 0 atom stereocenters. The van der Waals surface area contributed by atoms with Crippen molar-refractivity contribution in [2.75, 3.05) is 23.8 Å². The second kappa shape index (κ2) is 9.56. The fourth-order valence-corrected chi connectivity index (χ4v) is 2.93. The van der Waals surface area contributed by atoms with Crippen LogP contribution in [-0.2, 0) is 19.1 Å². The molecule has 0 amide bonds. The molecule has 2 aromatic rings. The normalized spacial score (nSPS) is 13.5. The van der Waals surface area contributed by atoms with Gasteiger partial charge in [-0.15, -0.1) is 0 Å². The highest BCUT2D eigenvalue weighted by atomic mass is 16.6. The number of ketones is 1. The Balaban J connectivity index is 2.16. The molecule has 0 bridgehead atoms. The van der Waals surface area contributed by atoms with Gasteiger partial charge in [0.1, 0.15) is 0 Å². The van der Waals surface area contributed by atoms with Crippen molar-refractivity contribution in [3.63, 3.8) is 0 Å². The van der Waals surface area contributed by atoms with Crippen LogP contribution in [0, 0.1) is 0 Å². The number of nitrogens with one attached hydrogen (secondary N) is 2. The summed E-state index contributed by atoms with van der Waals surface area (Å²) in [6.45, 7) is 3.45. The van der Waals surface area contributed by atoms with Crippen LogP contribution in [-0.4, -0.2) is 30.9 Å². The average Bonchev–Trinajstić information content (AvgIpc) is 2.75. The summed E-state index contributed by atoms with van der Waals surface area (Å²) in [5.74, 6) is -1.96. The summed E-state index contributed by atoms with van der Waals surface area (Å²) in [7, 11) is 0. The zero-order chi connectivity index (χ0) is 21.5. The Morgan fingerprint density at radius 3 is 1.90 bits per heavy atom. The van der Waals surface area contributed by atoms with Gasteiger partial charge in [-0.25, -0.2) is 9.59 Å². The minimum atomic E-state index is -0.835. The molecule has 154 valence electrons. The number of carbonyl (C=O) groups is 3. The van der Waals surface area contributed by atoms with Crippen molar-refractivity contribution in [1.29, 1.82) is 0 Å². The maximum Gasteiger partial charge on any atom is 0.347 e. The standard InChI is InChI=1S/C23H22N2O5/c1-3-29-22(27)20(23(28)30-4-2)21-18(14-19(26)15-10-6-5-7-11-15)24-16-12-8-9-13-17(16)25-21/h5-14,24-25H,3-4H2,1-2H3/b18-14+. The van der Waals surface area contributed by atoms with Gasteiger partial charge in [-0.3, -0.25) is 4.79 Å². The lowest BCUT2D eigenvalue weighted by Crippen LogP contribution is -2.27. The molecule has 0 radical (unpaired) electrons. The fourth-order valence-electron chi connectivity index (χ4n) is 2.93. The first kappa shape index (κ1) is 20.9. The third-order valence-corrected chi connectivity index (χ3v) is 4.27. The molecule has 0 unspecified atom stereocenters. The summed E-state index contributed by atoms with van der Waals surface area (Å²) < 4.78 is 10.1. The summed E-state index contributed by atoms with van der Waals surface area (Å²) in [5, 5.41) is 6.20. The number of para-hydroxylation sites is 2. The van der Waals surface area contributed by atoms with Crippen LogP contribution in [0.4, 0.5) is 11.4 Å². The van der Waals surface area contributed by atoms with E-state index in [1.807, 2.05) is 24.3 Å². The van der Waals surface area contributed by atoms with E-state index in [0.717, 1.165) is 0 Å². The molecule has 30 heavy (non-hydrogen) atoms. The molecule has 1 aliphatic heterocycles. The highest BCUT2D eigenvalue weighted by molar-refractivity contribution is 6.16. The van der Waals surface area contributed by atoms with E-state index < -0.39 is 11.9 Å². The molecule has 0 aliphatic carbocycles. The Kier molecular flexibility index (Phi) is 6.64. The number of fused-ring (bicyclic) bond motifs is 1. The van der Waals surface area contributed by atoms with Crippen molar-refractivity contribution in [3.8, 4) is 0 Å². The maximum atomic E-state index is 12.8. The Morgan fingerprint density at radius 1 is 0.800 bits per heavy atom. The van der Waals surface area contributed by atoms with Crippen molar-refractivity contribution in [1.82, 2.24) is 0 Å². The number of esters is 2. The van der Waals surface area contributed by atoms with Crippen LogP contribution >= 0.6 is 0 Å². The minimum absolute atomic E-state index is 0.0844. The number of rotatable bonds is 6. The van der Waals surface area contributed by atoms with E-state index in [0.29, 0.717) is 16.9 Å². The van der Waals surface area contributed by atoms with E-state index in [-0.39, 0.29) is 36.0 Å². The molecule has 0 spiro atoms. The van der Waals surface area contributed by atoms with Gasteiger partial charge in [0.25, 0.3) is 0 Å². The summed E-state index contributed by atoms with van der Waals surface area (Å²) >= 11 is 0. The predicted octanol–water partition coefficient (Wildman–Crippen LogP) is 3.67. The van der Waals surface area contributed by atoms with Gasteiger partial charge in [0.15, 0.2) is 11.4 Å². The SMILES string of the molecule is CCOC(=O)C(C(=O)OCC)=C1Nc2ccccc2N/C1=C/C(=O)c1ccccc1. The van der Waals surface area contributed by atoms with E-state index >= 15 is 0 Å². The van der Waals surface area contributed by atoms with Gasteiger partial charge in [0, 0.05) is 11.6 Å². The van der Waals surface area contributed by atoms with Crippen molar-refractivity contribution in [2.45, 2.75) is 13.8 Å². The van der Waals surface area contributed by atoms with Crippen LogP contribution in [0.5, 0.6) is 0 Å². The minimum Gasteiger partial charge on any atom is -0.462 e. The van der Waals surface area contributed by atoms with Gasteiger partial charge in [-0.1, -0.05) is 42.5 Å². The lowest BCUT2D eigenvalue weighted by atomic mass is 10.0. The zero-order valence-electron chi connectivity index (χ0n) is 16.7. The lowest BCUT2D eigenvalue weighted by molar-refractivity contribution is -0.146. The molecular formula is C23H22N2O5. The van der Waals surface area contributed by atoms with E-state index in [9.17, 15) is 14.4 Å². The fraction of sp³-hybridized carbons (Fsp3) is 0.174. The molecule has 3 rings (SSSR count). The quantitative estimate of drug-likeness (QED) is 0.249. The summed E-state index contributed by atoms with van der Waals surface area (Å²) in [6, 6.07) is 15.9. The van der Waals surface area contributed by atoms with Crippen LogP contribution in [0.15, 0.2) is 77.6 Å². The Hall–Kier alpha value is -3.87. The second-order valence-corrected chi connectivity index (χ2v) is 6.27. The van der Waals surface area contributed by atoms with E-state index in [4.69, 9.17) is 9.47 Å². The Morgan fingerprint density at radius 2 is 1.33 bits per heavy atom. The first-order valence-corrected chi connectivity index (χ1v) is 9.58. The number of anilines is 2. The first-order valence-electron chi connectivity index (χ1n) is 9.58. The van der Waals surface area contributed by atoms with Crippen LogP contribution in [0.25, 0.3) is 0 Å². The number of hydrogen-bond acceptors (Lipinski definition) is 7. The number of hydrogen-bond donors (Lipinski definition) is 2. The molecule has 0 fully saturated rings. The van der Waals surface area contributed by atoms with Gasteiger partial charge in [0.05, 0.1) is 36.0 Å². The lowest BCUT2D eigenvalue weighted by Gasteiger charge is -2.26.